The minimum absolute atomic E-state index is 0.140. The smallest absolute Gasteiger partial charge is 0.170 e. The molecule has 1 aromatic rings. The first-order chi connectivity index (χ1) is 7.13. The Balaban J connectivity index is 2.74. The van der Waals surface area contributed by atoms with Gasteiger partial charge in [0.25, 0.3) is 0 Å². The van der Waals surface area contributed by atoms with E-state index in [0.717, 1.165) is 17.7 Å². The number of amidine groups is 1. The van der Waals surface area contributed by atoms with E-state index in [0.29, 0.717) is 6.04 Å². The summed E-state index contributed by atoms with van der Waals surface area (Å²) in [6, 6.07) is 8.06. The zero-order valence-corrected chi connectivity index (χ0v) is 9.07. The van der Waals surface area contributed by atoms with Gasteiger partial charge in [-0.05, 0) is 11.6 Å². The second-order valence-corrected chi connectivity index (χ2v) is 3.72. The van der Waals surface area contributed by atoms with Gasteiger partial charge in [0.1, 0.15) is 0 Å². The van der Waals surface area contributed by atoms with Crippen molar-refractivity contribution in [2.24, 2.45) is 10.9 Å². The number of hydrogen-bond acceptors (Lipinski definition) is 3. The summed E-state index contributed by atoms with van der Waals surface area (Å²) < 4.78 is 0. The second-order valence-electron chi connectivity index (χ2n) is 3.72. The predicted octanol–water partition coefficient (Wildman–Crippen LogP) is 1.28. The van der Waals surface area contributed by atoms with Crippen LogP contribution in [0.5, 0.6) is 0 Å². The quantitative estimate of drug-likeness (QED) is 0.301. The minimum atomic E-state index is 0.140. The van der Waals surface area contributed by atoms with Gasteiger partial charge in [0.2, 0.25) is 0 Å². The van der Waals surface area contributed by atoms with E-state index in [9.17, 15) is 0 Å². The Morgan fingerprint density at radius 2 is 2.27 bits per heavy atom. The molecule has 4 heteroatoms. The van der Waals surface area contributed by atoms with Crippen LogP contribution >= 0.6 is 0 Å². The SMILES string of the molecule is CC(C)NCc1cccc(C(N)=NO)c1. The van der Waals surface area contributed by atoms with E-state index < -0.39 is 0 Å². The van der Waals surface area contributed by atoms with Crippen molar-refractivity contribution in [2.75, 3.05) is 0 Å². The fraction of sp³-hybridized carbons (Fsp3) is 0.364. The van der Waals surface area contributed by atoms with Gasteiger partial charge in [0, 0.05) is 18.2 Å². The first kappa shape index (κ1) is 11.5. The molecular formula is C11H17N3O. The van der Waals surface area contributed by atoms with E-state index in [1.165, 1.54) is 0 Å². The molecule has 1 aromatic carbocycles. The first-order valence-corrected chi connectivity index (χ1v) is 4.93. The normalized spacial score (nSPS) is 12.1. The lowest BCUT2D eigenvalue weighted by Gasteiger charge is -2.08. The summed E-state index contributed by atoms with van der Waals surface area (Å²) in [5.74, 6) is 0.140. The van der Waals surface area contributed by atoms with Crippen LogP contribution in [0.25, 0.3) is 0 Å². The molecule has 1 rings (SSSR count). The van der Waals surface area contributed by atoms with Crippen LogP contribution in [0, 0.1) is 0 Å². The minimum Gasteiger partial charge on any atom is -0.409 e. The molecule has 0 heterocycles. The lowest BCUT2D eigenvalue weighted by molar-refractivity contribution is 0.318. The summed E-state index contributed by atoms with van der Waals surface area (Å²) in [6.45, 7) is 4.96. The summed E-state index contributed by atoms with van der Waals surface area (Å²) in [4.78, 5) is 0. The highest BCUT2D eigenvalue weighted by Crippen LogP contribution is 2.05. The van der Waals surface area contributed by atoms with E-state index in [1.54, 1.807) is 0 Å². The van der Waals surface area contributed by atoms with Crippen molar-refractivity contribution in [3.8, 4) is 0 Å². The molecule has 82 valence electrons. The Labute approximate surface area is 89.8 Å². The number of benzene rings is 1. The van der Waals surface area contributed by atoms with Crippen molar-refractivity contribution < 1.29 is 5.21 Å². The molecule has 4 N–H and O–H groups in total. The Morgan fingerprint density at radius 1 is 1.53 bits per heavy atom. The summed E-state index contributed by atoms with van der Waals surface area (Å²) >= 11 is 0. The summed E-state index contributed by atoms with van der Waals surface area (Å²) in [7, 11) is 0. The molecule has 0 aliphatic rings. The second kappa shape index (κ2) is 5.36. The Kier molecular flexibility index (Phi) is 4.12. The fourth-order valence-corrected chi connectivity index (χ4v) is 1.22. The van der Waals surface area contributed by atoms with Gasteiger partial charge in [-0.2, -0.15) is 0 Å². The van der Waals surface area contributed by atoms with Crippen LogP contribution in [0.1, 0.15) is 25.0 Å². The molecule has 0 spiro atoms. The maximum Gasteiger partial charge on any atom is 0.170 e. The highest BCUT2D eigenvalue weighted by molar-refractivity contribution is 5.97. The molecule has 15 heavy (non-hydrogen) atoms. The number of nitrogens with two attached hydrogens (primary N) is 1. The van der Waals surface area contributed by atoms with Crippen molar-refractivity contribution in [3.63, 3.8) is 0 Å². The lowest BCUT2D eigenvalue weighted by Crippen LogP contribution is -2.22. The van der Waals surface area contributed by atoms with Crippen LogP contribution in [-0.4, -0.2) is 17.1 Å². The molecule has 0 bridgehead atoms. The third kappa shape index (κ3) is 3.59. The number of oxime groups is 1. The number of nitrogens with zero attached hydrogens (tertiary/aromatic N) is 1. The van der Waals surface area contributed by atoms with E-state index in [1.807, 2.05) is 24.3 Å². The third-order valence-electron chi connectivity index (χ3n) is 2.04. The maximum absolute atomic E-state index is 8.54. The summed E-state index contributed by atoms with van der Waals surface area (Å²) in [5.41, 5.74) is 7.35. The molecule has 0 aliphatic carbocycles. The predicted molar refractivity (Wildman–Crippen MR) is 60.9 cm³/mol. The fourth-order valence-electron chi connectivity index (χ4n) is 1.22. The van der Waals surface area contributed by atoms with E-state index in [2.05, 4.69) is 24.3 Å². The molecule has 0 aliphatic heterocycles. The molecule has 0 aromatic heterocycles. The van der Waals surface area contributed by atoms with Gasteiger partial charge in [-0.25, -0.2) is 0 Å². The Hall–Kier alpha value is -1.55. The van der Waals surface area contributed by atoms with Crippen LogP contribution in [-0.2, 0) is 6.54 Å². The molecule has 0 unspecified atom stereocenters. The Bertz CT molecular complexity index is 347. The molecule has 0 atom stereocenters. The highest BCUT2D eigenvalue weighted by Gasteiger charge is 2.00. The largest absolute Gasteiger partial charge is 0.409 e. The summed E-state index contributed by atoms with van der Waals surface area (Å²) in [6.07, 6.45) is 0. The zero-order valence-electron chi connectivity index (χ0n) is 9.07. The van der Waals surface area contributed by atoms with E-state index >= 15 is 0 Å². The van der Waals surface area contributed by atoms with Gasteiger partial charge in [-0.3, -0.25) is 0 Å². The van der Waals surface area contributed by atoms with Crippen molar-refractivity contribution >= 4 is 5.84 Å². The van der Waals surface area contributed by atoms with Gasteiger partial charge >= 0.3 is 0 Å². The molecule has 0 saturated carbocycles. The highest BCUT2D eigenvalue weighted by atomic mass is 16.4. The average Bonchev–Trinajstić information content (AvgIpc) is 2.25. The van der Waals surface area contributed by atoms with Crippen LogP contribution < -0.4 is 11.1 Å². The zero-order chi connectivity index (χ0) is 11.3. The van der Waals surface area contributed by atoms with Gasteiger partial charge in [0.15, 0.2) is 5.84 Å². The van der Waals surface area contributed by atoms with Crippen LogP contribution in [0.4, 0.5) is 0 Å². The van der Waals surface area contributed by atoms with Crippen LogP contribution in [0.3, 0.4) is 0 Å². The molecule has 0 radical (unpaired) electrons. The van der Waals surface area contributed by atoms with Gasteiger partial charge < -0.3 is 16.3 Å². The van der Waals surface area contributed by atoms with Crippen LogP contribution in [0.2, 0.25) is 0 Å². The number of hydrogen-bond donors (Lipinski definition) is 3. The molecular weight excluding hydrogens is 190 g/mol. The number of nitrogens with one attached hydrogen (secondary N) is 1. The van der Waals surface area contributed by atoms with Crippen molar-refractivity contribution in [2.45, 2.75) is 26.4 Å². The van der Waals surface area contributed by atoms with E-state index in [4.69, 9.17) is 10.9 Å². The monoisotopic (exact) mass is 207 g/mol. The molecule has 0 amide bonds. The van der Waals surface area contributed by atoms with Crippen molar-refractivity contribution in [1.82, 2.24) is 5.32 Å². The lowest BCUT2D eigenvalue weighted by atomic mass is 10.1. The van der Waals surface area contributed by atoms with Crippen LogP contribution in [0.15, 0.2) is 29.4 Å². The van der Waals surface area contributed by atoms with Gasteiger partial charge in [-0.15, -0.1) is 0 Å². The summed E-state index contributed by atoms with van der Waals surface area (Å²) in [5, 5.41) is 14.8. The molecule has 0 saturated heterocycles. The average molecular weight is 207 g/mol. The van der Waals surface area contributed by atoms with Gasteiger partial charge in [-0.1, -0.05) is 37.2 Å². The van der Waals surface area contributed by atoms with Crippen molar-refractivity contribution in [1.29, 1.82) is 0 Å². The van der Waals surface area contributed by atoms with Gasteiger partial charge in [0.05, 0.1) is 0 Å². The van der Waals surface area contributed by atoms with E-state index in [-0.39, 0.29) is 5.84 Å². The van der Waals surface area contributed by atoms with Crippen molar-refractivity contribution in [3.05, 3.63) is 35.4 Å². The number of rotatable bonds is 4. The third-order valence-corrected chi connectivity index (χ3v) is 2.04. The molecule has 4 nitrogen and oxygen atoms in total. The maximum atomic E-state index is 8.54. The molecule has 0 fully saturated rings. The Morgan fingerprint density at radius 3 is 2.87 bits per heavy atom. The topological polar surface area (TPSA) is 70.6 Å². The standard InChI is InChI=1S/C11H17N3O/c1-8(2)13-7-9-4-3-5-10(6-9)11(12)14-15/h3-6,8,13,15H,7H2,1-2H3,(H2,12,14). The first-order valence-electron chi connectivity index (χ1n) is 4.93.